The summed E-state index contributed by atoms with van der Waals surface area (Å²) in [4.78, 5) is 3.93. The molecule has 0 bridgehead atoms. The summed E-state index contributed by atoms with van der Waals surface area (Å²) >= 11 is 1.82. The summed E-state index contributed by atoms with van der Waals surface area (Å²) in [7, 11) is 0. The molecule has 3 rings (SSSR count). The second-order valence-electron chi connectivity index (χ2n) is 5.70. The molecule has 21 heavy (non-hydrogen) atoms. The number of rotatable bonds is 3. The fourth-order valence-corrected chi connectivity index (χ4v) is 4.14. The lowest BCUT2D eigenvalue weighted by Gasteiger charge is -2.36. The van der Waals surface area contributed by atoms with Crippen molar-refractivity contribution in [3.05, 3.63) is 51.2 Å². The minimum Gasteiger partial charge on any atom is -0.508 e. The molecule has 3 nitrogen and oxygen atoms in total. The van der Waals surface area contributed by atoms with Crippen molar-refractivity contribution in [3.63, 3.8) is 0 Å². The van der Waals surface area contributed by atoms with E-state index in [1.165, 1.54) is 21.6 Å². The van der Waals surface area contributed by atoms with Crippen LogP contribution in [0.15, 0.2) is 29.6 Å². The average Bonchev–Trinajstić information content (AvgIpc) is 2.97. The highest BCUT2D eigenvalue weighted by atomic mass is 32.1. The lowest BCUT2D eigenvalue weighted by atomic mass is 9.93. The molecule has 1 aliphatic rings. The molecule has 0 amide bonds. The molecular formula is C17H22N2OS. The summed E-state index contributed by atoms with van der Waals surface area (Å²) in [6.07, 6.45) is 0. The topological polar surface area (TPSA) is 35.5 Å². The molecule has 2 heterocycles. The van der Waals surface area contributed by atoms with Crippen LogP contribution in [0.2, 0.25) is 0 Å². The van der Waals surface area contributed by atoms with Crippen molar-refractivity contribution in [1.29, 1.82) is 0 Å². The highest BCUT2D eigenvalue weighted by Gasteiger charge is 2.27. The van der Waals surface area contributed by atoms with Gasteiger partial charge in [0.05, 0.1) is 6.04 Å². The first-order valence-electron chi connectivity index (χ1n) is 7.45. The number of hydrogen-bond donors (Lipinski definition) is 2. The zero-order valence-corrected chi connectivity index (χ0v) is 13.4. The predicted molar refractivity (Wildman–Crippen MR) is 88.2 cm³/mol. The number of benzene rings is 1. The fourth-order valence-electron chi connectivity index (χ4n) is 3.28. The molecule has 1 saturated heterocycles. The SMILES string of the molecule is Cc1cc(O)cc(C)c1[C@@H](c1cccs1)N1CCNCC1. The Morgan fingerprint density at radius 1 is 1.19 bits per heavy atom. The number of aryl methyl sites for hydroxylation is 2. The fraction of sp³-hybridized carbons (Fsp3) is 0.412. The number of phenolic OH excluding ortho intramolecular Hbond substituents is 1. The number of nitrogens with zero attached hydrogens (tertiary/aromatic N) is 1. The molecule has 0 saturated carbocycles. The first kappa shape index (κ1) is 14.6. The van der Waals surface area contributed by atoms with Gasteiger partial charge in [-0.25, -0.2) is 0 Å². The maximum Gasteiger partial charge on any atom is 0.116 e. The Labute approximate surface area is 130 Å². The molecule has 1 fully saturated rings. The van der Waals surface area contributed by atoms with Crippen LogP contribution in [0.3, 0.4) is 0 Å². The van der Waals surface area contributed by atoms with E-state index in [4.69, 9.17) is 0 Å². The van der Waals surface area contributed by atoms with Crippen LogP contribution in [0.1, 0.15) is 27.6 Å². The standard InChI is InChI=1S/C17H22N2OS/c1-12-10-14(20)11-13(2)16(12)17(15-4-3-9-21-15)19-7-5-18-6-8-19/h3-4,9-11,17-18,20H,5-8H2,1-2H3/t17-/m1/s1. The smallest absolute Gasteiger partial charge is 0.116 e. The molecule has 2 N–H and O–H groups in total. The Kier molecular flexibility index (Phi) is 4.29. The van der Waals surface area contributed by atoms with E-state index in [2.05, 4.69) is 41.6 Å². The number of piperazine rings is 1. The number of nitrogens with one attached hydrogen (secondary N) is 1. The first-order valence-corrected chi connectivity index (χ1v) is 8.33. The van der Waals surface area contributed by atoms with Crippen LogP contribution in [0.4, 0.5) is 0 Å². The third-order valence-electron chi connectivity index (χ3n) is 4.18. The molecular weight excluding hydrogens is 280 g/mol. The van der Waals surface area contributed by atoms with Gasteiger partial charge >= 0.3 is 0 Å². The van der Waals surface area contributed by atoms with E-state index < -0.39 is 0 Å². The van der Waals surface area contributed by atoms with Crippen LogP contribution in [0.25, 0.3) is 0 Å². The maximum absolute atomic E-state index is 9.82. The van der Waals surface area contributed by atoms with Crippen molar-refractivity contribution >= 4 is 11.3 Å². The lowest BCUT2D eigenvalue weighted by Crippen LogP contribution is -2.45. The Balaban J connectivity index is 2.07. The van der Waals surface area contributed by atoms with Gasteiger partial charge in [0.25, 0.3) is 0 Å². The van der Waals surface area contributed by atoms with Crippen LogP contribution >= 0.6 is 11.3 Å². The zero-order valence-electron chi connectivity index (χ0n) is 12.6. The van der Waals surface area contributed by atoms with Crippen LogP contribution in [-0.2, 0) is 0 Å². The van der Waals surface area contributed by atoms with Crippen molar-refractivity contribution < 1.29 is 5.11 Å². The van der Waals surface area contributed by atoms with Crippen LogP contribution in [0, 0.1) is 13.8 Å². The minimum absolute atomic E-state index is 0.299. The Bertz CT molecular complexity index is 580. The highest BCUT2D eigenvalue weighted by molar-refractivity contribution is 7.10. The summed E-state index contributed by atoms with van der Waals surface area (Å²) < 4.78 is 0. The van der Waals surface area contributed by atoms with Gasteiger partial charge in [-0.15, -0.1) is 11.3 Å². The maximum atomic E-state index is 9.82. The minimum atomic E-state index is 0.299. The van der Waals surface area contributed by atoms with E-state index in [1.807, 2.05) is 23.5 Å². The molecule has 1 aromatic carbocycles. The Morgan fingerprint density at radius 3 is 2.43 bits per heavy atom. The van der Waals surface area contributed by atoms with Gasteiger partial charge in [0, 0.05) is 31.1 Å². The van der Waals surface area contributed by atoms with Gasteiger partial charge in [0.1, 0.15) is 5.75 Å². The molecule has 1 aliphatic heterocycles. The number of phenols is 1. The van der Waals surface area contributed by atoms with E-state index in [-0.39, 0.29) is 0 Å². The summed E-state index contributed by atoms with van der Waals surface area (Å²) in [6, 6.07) is 8.41. The average molecular weight is 302 g/mol. The van der Waals surface area contributed by atoms with Gasteiger partial charge in [-0.05, 0) is 54.1 Å². The summed E-state index contributed by atoms with van der Waals surface area (Å²) in [5.41, 5.74) is 3.69. The van der Waals surface area contributed by atoms with Crippen LogP contribution in [-0.4, -0.2) is 36.2 Å². The van der Waals surface area contributed by atoms with Crippen LogP contribution < -0.4 is 5.32 Å². The van der Waals surface area contributed by atoms with E-state index in [9.17, 15) is 5.11 Å². The van der Waals surface area contributed by atoms with Gasteiger partial charge in [-0.2, -0.15) is 0 Å². The van der Waals surface area contributed by atoms with Gasteiger partial charge in [0.2, 0.25) is 0 Å². The largest absolute Gasteiger partial charge is 0.508 e. The van der Waals surface area contributed by atoms with E-state index in [1.54, 1.807) is 0 Å². The third kappa shape index (κ3) is 2.98. The molecule has 4 heteroatoms. The van der Waals surface area contributed by atoms with Gasteiger partial charge < -0.3 is 10.4 Å². The molecule has 1 atom stereocenters. The third-order valence-corrected chi connectivity index (χ3v) is 5.11. The number of aromatic hydroxyl groups is 1. The summed E-state index contributed by atoms with van der Waals surface area (Å²) in [6.45, 7) is 8.40. The van der Waals surface area contributed by atoms with E-state index in [0.29, 0.717) is 11.8 Å². The van der Waals surface area contributed by atoms with E-state index >= 15 is 0 Å². The molecule has 112 valence electrons. The van der Waals surface area contributed by atoms with E-state index in [0.717, 1.165) is 26.2 Å². The normalized spacial score (nSPS) is 17.8. The predicted octanol–water partition coefficient (Wildman–Crippen LogP) is 3.07. The van der Waals surface area contributed by atoms with Crippen LogP contribution in [0.5, 0.6) is 5.75 Å². The van der Waals surface area contributed by atoms with Crippen molar-refractivity contribution in [3.8, 4) is 5.75 Å². The molecule has 0 radical (unpaired) electrons. The Hall–Kier alpha value is -1.36. The van der Waals surface area contributed by atoms with Crippen molar-refractivity contribution in [2.75, 3.05) is 26.2 Å². The zero-order chi connectivity index (χ0) is 14.8. The van der Waals surface area contributed by atoms with Gasteiger partial charge in [0.15, 0.2) is 0 Å². The van der Waals surface area contributed by atoms with Crippen molar-refractivity contribution in [2.45, 2.75) is 19.9 Å². The molecule has 0 spiro atoms. The second-order valence-corrected chi connectivity index (χ2v) is 6.68. The monoisotopic (exact) mass is 302 g/mol. The Morgan fingerprint density at radius 2 is 1.86 bits per heavy atom. The number of hydrogen-bond acceptors (Lipinski definition) is 4. The molecule has 2 aromatic rings. The lowest BCUT2D eigenvalue weighted by molar-refractivity contribution is 0.199. The molecule has 1 aromatic heterocycles. The number of thiophene rings is 1. The van der Waals surface area contributed by atoms with Gasteiger partial charge in [-0.1, -0.05) is 6.07 Å². The summed E-state index contributed by atoms with van der Waals surface area (Å²) in [5.74, 6) is 0.360. The van der Waals surface area contributed by atoms with Crippen molar-refractivity contribution in [2.24, 2.45) is 0 Å². The molecule has 0 aliphatic carbocycles. The molecule has 0 unspecified atom stereocenters. The second kappa shape index (κ2) is 6.18. The van der Waals surface area contributed by atoms with Gasteiger partial charge in [-0.3, -0.25) is 4.90 Å². The highest BCUT2D eigenvalue weighted by Crippen LogP contribution is 2.37. The first-order chi connectivity index (χ1) is 10.2. The summed E-state index contributed by atoms with van der Waals surface area (Å²) in [5, 5.41) is 15.4. The quantitative estimate of drug-likeness (QED) is 0.914. The van der Waals surface area contributed by atoms with Crippen molar-refractivity contribution in [1.82, 2.24) is 10.2 Å².